The summed E-state index contributed by atoms with van der Waals surface area (Å²) in [4.78, 5) is 12.8. The molecule has 4 rings (SSSR count). The highest BCUT2D eigenvalue weighted by molar-refractivity contribution is 6.08. The van der Waals surface area contributed by atoms with Gasteiger partial charge < -0.3 is 9.47 Å². The van der Waals surface area contributed by atoms with Crippen molar-refractivity contribution < 1.29 is 14.3 Å². The summed E-state index contributed by atoms with van der Waals surface area (Å²) in [5, 5.41) is 0. The van der Waals surface area contributed by atoms with Crippen LogP contribution < -0.4 is 9.47 Å². The van der Waals surface area contributed by atoms with Gasteiger partial charge in [0, 0.05) is 5.41 Å². The molecule has 2 aliphatic carbocycles. The average molecular weight is 284 g/mol. The Balaban J connectivity index is 1.76. The van der Waals surface area contributed by atoms with Crippen LogP contribution in [0.4, 0.5) is 0 Å². The lowest BCUT2D eigenvalue weighted by Crippen LogP contribution is -2.32. The molecular weight excluding hydrogens is 264 g/mol. The number of allylic oxidation sites excluding steroid dienone is 1. The van der Waals surface area contributed by atoms with Gasteiger partial charge in [-0.1, -0.05) is 26.8 Å². The van der Waals surface area contributed by atoms with Crippen molar-refractivity contribution >= 4 is 11.9 Å². The maximum atomic E-state index is 12.8. The van der Waals surface area contributed by atoms with Gasteiger partial charge in [0.1, 0.15) is 0 Å². The standard InChI is InChI=1S/C18H20O3/c1-17(2)13-6-7-18(17,3)16(19)12(13)8-11-4-5-14-15(9-11)21-10-20-14/h4-5,8-9,13H,6-7,10H2,1-3H3. The summed E-state index contributed by atoms with van der Waals surface area (Å²) in [6, 6.07) is 5.87. The van der Waals surface area contributed by atoms with Crippen LogP contribution in [-0.4, -0.2) is 12.6 Å². The summed E-state index contributed by atoms with van der Waals surface area (Å²) in [6.07, 6.45) is 4.19. The van der Waals surface area contributed by atoms with E-state index in [1.165, 1.54) is 0 Å². The van der Waals surface area contributed by atoms with Crippen molar-refractivity contribution in [3.05, 3.63) is 29.3 Å². The average Bonchev–Trinajstić information content (AvgIpc) is 3.02. The molecule has 1 aromatic carbocycles. The van der Waals surface area contributed by atoms with Crippen molar-refractivity contribution in [2.45, 2.75) is 33.6 Å². The molecule has 3 aliphatic rings. The zero-order chi connectivity index (χ0) is 14.8. The minimum absolute atomic E-state index is 0.0618. The molecule has 0 radical (unpaired) electrons. The molecule has 2 bridgehead atoms. The molecule has 110 valence electrons. The van der Waals surface area contributed by atoms with Crippen LogP contribution in [-0.2, 0) is 4.79 Å². The Bertz CT molecular complexity index is 671. The Kier molecular flexibility index (Phi) is 2.40. The number of carbonyl (C=O) groups excluding carboxylic acids is 1. The van der Waals surface area contributed by atoms with Crippen molar-refractivity contribution in [3.8, 4) is 11.5 Å². The van der Waals surface area contributed by atoms with Gasteiger partial charge >= 0.3 is 0 Å². The third-order valence-corrected chi connectivity index (χ3v) is 6.08. The van der Waals surface area contributed by atoms with Gasteiger partial charge in [0.25, 0.3) is 0 Å². The summed E-state index contributed by atoms with van der Waals surface area (Å²) >= 11 is 0. The van der Waals surface area contributed by atoms with Crippen molar-refractivity contribution in [2.24, 2.45) is 16.7 Å². The fraction of sp³-hybridized carbons (Fsp3) is 0.500. The van der Waals surface area contributed by atoms with Crippen LogP contribution in [0.2, 0.25) is 0 Å². The summed E-state index contributed by atoms with van der Waals surface area (Å²) in [6.45, 7) is 6.89. The molecule has 0 amide bonds. The number of hydrogen-bond donors (Lipinski definition) is 0. The Morgan fingerprint density at radius 1 is 1.19 bits per heavy atom. The third kappa shape index (κ3) is 1.52. The fourth-order valence-corrected chi connectivity index (χ4v) is 4.28. The second kappa shape index (κ2) is 3.90. The summed E-state index contributed by atoms with van der Waals surface area (Å²) in [5.41, 5.74) is 1.88. The van der Waals surface area contributed by atoms with Crippen LogP contribution in [0.3, 0.4) is 0 Å². The molecule has 1 aromatic rings. The van der Waals surface area contributed by atoms with E-state index < -0.39 is 0 Å². The number of fused-ring (bicyclic) bond motifs is 3. The smallest absolute Gasteiger partial charge is 0.231 e. The normalized spacial score (nSPS) is 34.0. The van der Waals surface area contributed by atoms with Gasteiger partial charge in [-0.2, -0.15) is 0 Å². The van der Waals surface area contributed by atoms with Crippen LogP contribution in [0.1, 0.15) is 39.2 Å². The maximum Gasteiger partial charge on any atom is 0.231 e. The highest BCUT2D eigenvalue weighted by Gasteiger charge is 2.63. The lowest BCUT2D eigenvalue weighted by atomic mass is 9.70. The van der Waals surface area contributed by atoms with Gasteiger partial charge in [-0.3, -0.25) is 4.79 Å². The summed E-state index contributed by atoms with van der Waals surface area (Å²) < 4.78 is 10.7. The van der Waals surface area contributed by atoms with E-state index in [1.54, 1.807) is 0 Å². The lowest BCUT2D eigenvalue weighted by Gasteiger charge is -2.31. The topological polar surface area (TPSA) is 35.5 Å². The van der Waals surface area contributed by atoms with E-state index in [1.807, 2.05) is 18.2 Å². The van der Waals surface area contributed by atoms with Gasteiger partial charge in [0.2, 0.25) is 6.79 Å². The number of rotatable bonds is 1. The second-order valence-corrected chi connectivity index (χ2v) is 7.19. The number of Topliss-reactive ketones (excluding diaryl/α,β-unsaturated/α-hetero) is 1. The van der Waals surface area contributed by atoms with E-state index in [4.69, 9.17) is 9.47 Å². The first-order chi connectivity index (χ1) is 9.93. The van der Waals surface area contributed by atoms with Crippen LogP contribution in [0, 0.1) is 16.7 Å². The highest BCUT2D eigenvalue weighted by Crippen LogP contribution is 2.65. The predicted octanol–water partition coefficient (Wildman–Crippen LogP) is 3.82. The van der Waals surface area contributed by atoms with Gasteiger partial charge in [-0.25, -0.2) is 0 Å². The fourth-order valence-electron chi connectivity index (χ4n) is 4.28. The minimum Gasteiger partial charge on any atom is -0.454 e. The van der Waals surface area contributed by atoms with E-state index in [2.05, 4.69) is 26.8 Å². The van der Waals surface area contributed by atoms with Crippen LogP contribution >= 0.6 is 0 Å². The number of ketones is 1. The zero-order valence-electron chi connectivity index (χ0n) is 12.7. The summed E-state index contributed by atoms with van der Waals surface area (Å²) in [7, 11) is 0. The molecule has 0 aromatic heterocycles. The van der Waals surface area contributed by atoms with Crippen LogP contribution in [0.25, 0.3) is 6.08 Å². The second-order valence-electron chi connectivity index (χ2n) is 7.19. The van der Waals surface area contributed by atoms with Gasteiger partial charge in [0.05, 0.1) is 0 Å². The van der Waals surface area contributed by atoms with Crippen LogP contribution in [0.5, 0.6) is 11.5 Å². The van der Waals surface area contributed by atoms with E-state index in [-0.39, 0.29) is 17.6 Å². The molecule has 21 heavy (non-hydrogen) atoms. The molecule has 0 N–H and O–H groups in total. The third-order valence-electron chi connectivity index (χ3n) is 6.08. The van der Waals surface area contributed by atoms with E-state index >= 15 is 0 Å². The molecular formula is C18H20O3. The molecule has 0 spiro atoms. The molecule has 3 heteroatoms. The highest BCUT2D eigenvalue weighted by atomic mass is 16.7. The monoisotopic (exact) mass is 284 g/mol. The Morgan fingerprint density at radius 3 is 2.67 bits per heavy atom. The molecule has 0 saturated heterocycles. The molecule has 1 heterocycles. The first-order valence-corrected chi connectivity index (χ1v) is 7.59. The molecule has 2 unspecified atom stereocenters. The van der Waals surface area contributed by atoms with Crippen molar-refractivity contribution in [1.82, 2.24) is 0 Å². The van der Waals surface area contributed by atoms with E-state index in [0.29, 0.717) is 11.7 Å². The Morgan fingerprint density at radius 2 is 1.95 bits per heavy atom. The molecule has 2 saturated carbocycles. The van der Waals surface area contributed by atoms with Crippen LogP contribution in [0.15, 0.2) is 23.8 Å². The van der Waals surface area contributed by atoms with E-state index in [9.17, 15) is 4.79 Å². The molecule has 2 atom stereocenters. The number of benzene rings is 1. The van der Waals surface area contributed by atoms with Gasteiger partial charge in [-0.15, -0.1) is 0 Å². The van der Waals surface area contributed by atoms with E-state index in [0.717, 1.165) is 35.5 Å². The maximum absolute atomic E-state index is 12.8. The first-order valence-electron chi connectivity index (χ1n) is 7.59. The number of ether oxygens (including phenoxy) is 2. The molecule has 3 nitrogen and oxygen atoms in total. The molecule has 2 fully saturated rings. The van der Waals surface area contributed by atoms with Crippen molar-refractivity contribution in [2.75, 3.05) is 6.79 Å². The molecule has 1 aliphatic heterocycles. The Hall–Kier alpha value is -1.77. The zero-order valence-corrected chi connectivity index (χ0v) is 12.7. The Labute approximate surface area is 124 Å². The lowest BCUT2D eigenvalue weighted by molar-refractivity contribution is -0.125. The van der Waals surface area contributed by atoms with Gasteiger partial charge in [0.15, 0.2) is 17.3 Å². The quantitative estimate of drug-likeness (QED) is 0.735. The largest absolute Gasteiger partial charge is 0.454 e. The van der Waals surface area contributed by atoms with Gasteiger partial charge in [-0.05, 0) is 53.5 Å². The summed E-state index contributed by atoms with van der Waals surface area (Å²) in [5.74, 6) is 2.26. The first kappa shape index (κ1) is 12.9. The van der Waals surface area contributed by atoms with Crippen molar-refractivity contribution in [3.63, 3.8) is 0 Å². The van der Waals surface area contributed by atoms with Crippen molar-refractivity contribution in [1.29, 1.82) is 0 Å². The SMILES string of the molecule is CC12CCC(C(=Cc3ccc4c(c3)OCO4)C1=O)C2(C)C. The number of carbonyl (C=O) groups is 1. The predicted molar refractivity (Wildman–Crippen MR) is 80.2 cm³/mol. The minimum atomic E-state index is -0.195. The number of hydrogen-bond acceptors (Lipinski definition) is 3.